The number of nitrogens with zero attached hydrogens (tertiary/aromatic N) is 1. The number of carbonyl (C=O) groups is 1. The van der Waals surface area contributed by atoms with Crippen LogP contribution in [-0.2, 0) is 9.47 Å². The molecule has 0 unspecified atom stereocenters. The molecule has 1 aromatic carbocycles. The van der Waals surface area contributed by atoms with E-state index in [2.05, 4.69) is 0 Å². The number of hydrogen-bond acceptors (Lipinski definition) is 5. The maximum atomic E-state index is 14.7. The Morgan fingerprint density at radius 2 is 2.12 bits per heavy atom. The molecule has 0 bridgehead atoms. The first-order valence-corrected chi connectivity index (χ1v) is 8.45. The first kappa shape index (κ1) is 15.9. The minimum Gasteiger partial charge on any atom is -0.459 e. The van der Waals surface area contributed by atoms with E-state index >= 15 is 0 Å². The van der Waals surface area contributed by atoms with Crippen molar-refractivity contribution in [2.45, 2.75) is 18.5 Å². The highest BCUT2D eigenvalue weighted by molar-refractivity contribution is 8.14. The van der Waals surface area contributed by atoms with Crippen molar-refractivity contribution in [3.05, 3.63) is 29.3 Å². The van der Waals surface area contributed by atoms with Crippen LogP contribution in [-0.4, -0.2) is 36.9 Å². The summed E-state index contributed by atoms with van der Waals surface area (Å²) in [6.07, 6.45) is 0.709. The lowest BCUT2D eigenvalue weighted by Gasteiger charge is -2.16. The molecule has 0 N–H and O–H groups in total. The summed E-state index contributed by atoms with van der Waals surface area (Å²) in [5.74, 6) is -0.505. The Morgan fingerprint density at radius 3 is 2.79 bits per heavy atom. The van der Waals surface area contributed by atoms with Crippen molar-refractivity contribution in [2.75, 3.05) is 31.3 Å². The highest BCUT2D eigenvalue weighted by Gasteiger charge is 2.34. The van der Waals surface area contributed by atoms with Crippen LogP contribution in [0, 0.1) is 12.7 Å². The molecule has 128 valence electrons. The minimum atomic E-state index is -0.631. The van der Waals surface area contributed by atoms with Crippen molar-refractivity contribution in [2.24, 2.45) is 0 Å². The molecule has 2 aliphatic heterocycles. The van der Waals surface area contributed by atoms with Crippen molar-refractivity contribution in [3.63, 3.8) is 0 Å². The van der Waals surface area contributed by atoms with E-state index in [1.165, 1.54) is 11.2 Å². The van der Waals surface area contributed by atoms with E-state index in [-0.39, 0.29) is 17.4 Å². The summed E-state index contributed by atoms with van der Waals surface area (Å²) in [7, 11) is 0. The summed E-state index contributed by atoms with van der Waals surface area (Å²) >= 11 is 0.945. The number of ether oxygens (including phenoxy) is 2. The minimum absolute atomic E-state index is 0.0748. The second kappa shape index (κ2) is 6.02. The van der Waals surface area contributed by atoms with E-state index in [1.54, 1.807) is 13.0 Å². The van der Waals surface area contributed by atoms with Gasteiger partial charge in [0, 0.05) is 17.5 Å². The Bertz CT molecular complexity index is 803. The molecule has 1 aromatic heterocycles. The van der Waals surface area contributed by atoms with Crippen LogP contribution < -0.4 is 4.90 Å². The number of rotatable bonds is 3. The molecule has 2 aromatic rings. The SMILES string of the molecule is Cc1c(C2OCCO2)cc2c(N3C[C@H](CF)SC3=O)coc2c1F. The van der Waals surface area contributed by atoms with Crippen LogP contribution in [0.1, 0.15) is 17.4 Å². The van der Waals surface area contributed by atoms with Gasteiger partial charge in [0.05, 0.1) is 24.2 Å². The molecule has 0 radical (unpaired) electrons. The van der Waals surface area contributed by atoms with Gasteiger partial charge in [-0.2, -0.15) is 0 Å². The standard InChI is InChI=1S/C16H15F2NO4S/c1-8-10(15-21-2-3-22-15)4-11-12(7-23-14(11)13(8)18)19-6-9(5-17)24-16(19)20/h4,7,9,15H,2-3,5-6H2,1H3/t9-/m0/s1. The number of fused-ring (bicyclic) bond motifs is 1. The molecule has 8 heteroatoms. The maximum Gasteiger partial charge on any atom is 0.286 e. The molecule has 4 rings (SSSR count). The first-order chi connectivity index (χ1) is 11.6. The van der Waals surface area contributed by atoms with E-state index < -0.39 is 24.0 Å². The van der Waals surface area contributed by atoms with Crippen LogP contribution in [0.2, 0.25) is 0 Å². The fourth-order valence-corrected chi connectivity index (χ4v) is 3.89. The molecule has 5 nitrogen and oxygen atoms in total. The molecule has 1 amide bonds. The van der Waals surface area contributed by atoms with Gasteiger partial charge >= 0.3 is 0 Å². The van der Waals surface area contributed by atoms with E-state index in [0.29, 0.717) is 35.4 Å². The van der Waals surface area contributed by atoms with Gasteiger partial charge in [-0.15, -0.1) is 0 Å². The van der Waals surface area contributed by atoms with Crippen molar-refractivity contribution in [3.8, 4) is 0 Å². The van der Waals surface area contributed by atoms with Crippen molar-refractivity contribution in [1.82, 2.24) is 0 Å². The summed E-state index contributed by atoms with van der Waals surface area (Å²) < 4.78 is 43.8. The van der Waals surface area contributed by atoms with Crippen molar-refractivity contribution < 1.29 is 27.5 Å². The number of furan rings is 1. The molecule has 0 spiro atoms. The smallest absolute Gasteiger partial charge is 0.286 e. The number of thioether (sulfide) groups is 1. The fourth-order valence-electron chi connectivity index (χ4n) is 3.02. The lowest BCUT2D eigenvalue weighted by atomic mass is 10.0. The molecule has 24 heavy (non-hydrogen) atoms. The highest BCUT2D eigenvalue weighted by atomic mass is 32.2. The third-order valence-electron chi connectivity index (χ3n) is 4.28. The van der Waals surface area contributed by atoms with Gasteiger partial charge in [0.2, 0.25) is 0 Å². The van der Waals surface area contributed by atoms with Gasteiger partial charge in [-0.1, -0.05) is 11.8 Å². The van der Waals surface area contributed by atoms with Crippen LogP contribution in [0.3, 0.4) is 0 Å². The lowest BCUT2D eigenvalue weighted by molar-refractivity contribution is -0.0446. The third-order valence-corrected chi connectivity index (χ3v) is 5.31. The van der Waals surface area contributed by atoms with Crippen molar-refractivity contribution >= 4 is 33.7 Å². The molecular weight excluding hydrogens is 340 g/mol. The van der Waals surface area contributed by atoms with Crippen LogP contribution >= 0.6 is 11.8 Å². The Labute approximate surface area is 140 Å². The second-order valence-corrected chi connectivity index (χ2v) is 7.00. The predicted octanol–water partition coefficient (Wildman–Crippen LogP) is 3.94. The Balaban J connectivity index is 1.82. The summed E-state index contributed by atoms with van der Waals surface area (Å²) in [5, 5.41) is -0.226. The first-order valence-electron chi connectivity index (χ1n) is 7.57. The summed E-state index contributed by atoms with van der Waals surface area (Å²) in [6, 6.07) is 1.73. The van der Waals surface area contributed by atoms with Gasteiger partial charge in [0.25, 0.3) is 5.24 Å². The number of benzene rings is 1. The van der Waals surface area contributed by atoms with Crippen LogP contribution in [0.4, 0.5) is 19.3 Å². The molecule has 2 aliphatic rings. The maximum absolute atomic E-state index is 14.7. The van der Waals surface area contributed by atoms with Crippen LogP contribution in [0.5, 0.6) is 0 Å². The summed E-state index contributed by atoms with van der Waals surface area (Å²) in [6.45, 7) is 2.16. The van der Waals surface area contributed by atoms with Gasteiger partial charge in [-0.05, 0) is 18.6 Å². The quantitative estimate of drug-likeness (QED) is 0.835. The van der Waals surface area contributed by atoms with Gasteiger partial charge in [0.1, 0.15) is 12.9 Å². The number of carbonyl (C=O) groups excluding carboxylic acids is 1. The molecule has 0 aliphatic carbocycles. The van der Waals surface area contributed by atoms with Crippen molar-refractivity contribution in [1.29, 1.82) is 0 Å². The predicted molar refractivity (Wildman–Crippen MR) is 85.7 cm³/mol. The molecule has 0 saturated carbocycles. The number of hydrogen-bond donors (Lipinski definition) is 0. The number of halogens is 2. The zero-order chi connectivity index (χ0) is 16.8. The average molecular weight is 355 g/mol. The summed E-state index contributed by atoms with van der Waals surface area (Å²) in [4.78, 5) is 13.5. The average Bonchev–Trinajstić information content (AvgIpc) is 3.29. The van der Waals surface area contributed by atoms with E-state index in [4.69, 9.17) is 13.9 Å². The molecule has 2 saturated heterocycles. The lowest BCUT2D eigenvalue weighted by Crippen LogP contribution is -2.24. The fraction of sp³-hybridized carbons (Fsp3) is 0.438. The van der Waals surface area contributed by atoms with Gasteiger partial charge in [-0.25, -0.2) is 8.78 Å². The molecular formula is C16H15F2NO4S. The number of alkyl halides is 1. The topological polar surface area (TPSA) is 51.9 Å². The highest BCUT2D eigenvalue weighted by Crippen LogP contribution is 2.40. The second-order valence-electron chi connectivity index (χ2n) is 5.75. The number of amides is 1. The largest absolute Gasteiger partial charge is 0.459 e. The van der Waals surface area contributed by atoms with E-state index in [0.717, 1.165) is 11.8 Å². The Kier molecular flexibility index (Phi) is 3.98. The van der Waals surface area contributed by atoms with Gasteiger partial charge in [-0.3, -0.25) is 9.69 Å². The molecule has 2 fully saturated rings. The van der Waals surface area contributed by atoms with E-state index in [1.807, 2.05) is 0 Å². The molecule has 1 atom stereocenters. The Morgan fingerprint density at radius 1 is 1.38 bits per heavy atom. The monoisotopic (exact) mass is 355 g/mol. The zero-order valence-corrected chi connectivity index (χ0v) is 13.7. The van der Waals surface area contributed by atoms with Gasteiger partial charge in [0.15, 0.2) is 17.7 Å². The number of anilines is 1. The van der Waals surface area contributed by atoms with Crippen LogP contribution in [0.25, 0.3) is 11.0 Å². The normalized spacial score (nSPS) is 22.2. The van der Waals surface area contributed by atoms with Crippen LogP contribution in [0.15, 0.2) is 16.7 Å². The van der Waals surface area contributed by atoms with Gasteiger partial charge < -0.3 is 13.9 Å². The summed E-state index contributed by atoms with van der Waals surface area (Å²) in [5.41, 5.74) is 1.47. The third kappa shape index (κ3) is 2.40. The van der Waals surface area contributed by atoms with E-state index in [9.17, 15) is 13.6 Å². The Hall–Kier alpha value is -1.64. The molecule has 3 heterocycles. The zero-order valence-electron chi connectivity index (χ0n) is 12.9.